The molecular formula is C12H19N3O4S. The molecule has 0 aromatic heterocycles. The third-order valence-corrected chi connectivity index (χ3v) is 5.31. The molecule has 0 bridgehead atoms. The average molecular weight is 301 g/mol. The normalized spacial score (nSPS) is 13.4. The molecule has 0 heterocycles. The standard InChI is InChI=1S/C12H19N3O4S/c1-4-9(3)14(5-2)20(18,19)11-8-6-7-10(13)12(11)15(16)17/h6-9H,4-5,13H2,1-3H3. The van der Waals surface area contributed by atoms with Gasteiger partial charge in [0.25, 0.3) is 0 Å². The van der Waals surface area contributed by atoms with Crippen molar-refractivity contribution < 1.29 is 13.3 Å². The lowest BCUT2D eigenvalue weighted by Crippen LogP contribution is -2.38. The van der Waals surface area contributed by atoms with Crippen LogP contribution in [0.1, 0.15) is 27.2 Å². The van der Waals surface area contributed by atoms with Crippen molar-refractivity contribution in [2.45, 2.75) is 38.1 Å². The topological polar surface area (TPSA) is 107 Å². The Bertz CT molecular complexity index is 601. The van der Waals surface area contributed by atoms with Crippen molar-refractivity contribution in [1.29, 1.82) is 0 Å². The maximum atomic E-state index is 12.6. The van der Waals surface area contributed by atoms with Gasteiger partial charge in [0.1, 0.15) is 5.69 Å². The lowest BCUT2D eigenvalue weighted by Gasteiger charge is -2.26. The molecule has 0 fully saturated rings. The van der Waals surface area contributed by atoms with Crippen LogP contribution < -0.4 is 5.73 Å². The van der Waals surface area contributed by atoms with E-state index < -0.39 is 20.6 Å². The first-order chi connectivity index (χ1) is 9.27. The van der Waals surface area contributed by atoms with E-state index in [0.717, 1.165) is 0 Å². The maximum Gasteiger partial charge on any atom is 0.312 e. The number of nitrogens with zero attached hydrogens (tertiary/aromatic N) is 2. The van der Waals surface area contributed by atoms with E-state index in [9.17, 15) is 18.5 Å². The van der Waals surface area contributed by atoms with Crippen LogP contribution in [0.25, 0.3) is 0 Å². The van der Waals surface area contributed by atoms with E-state index in [1.165, 1.54) is 22.5 Å². The predicted molar refractivity (Wildman–Crippen MR) is 76.8 cm³/mol. The quantitative estimate of drug-likeness (QED) is 0.491. The highest BCUT2D eigenvalue weighted by atomic mass is 32.2. The fraction of sp³-hybridized carbons (Fsp3) is 0.500. The smallest absolute Gasteiger partial charge is 0.312 e. The van der Waals surface area contributed by atoms with Crippen molar-refractivity contribution in [3.05, 3.63) is 28.3 Å². The molecule has 1 aromatic rings. The molecule has 112 valence electrons. The van der Waals surface area contributed by atoms with E-state index in [0.29, 0.717) is 6.42 Å². The zero-order valence-electron chi connectivity index (χ0n) is 11.7. The van der Waals surface area contributed by atoms with Gasteiger partial charge in [0.2, 0.25) is 10.0 Å². The molecule has 0 spiro atoms. The van der Waals surface area contributed by atoms with Gasteiger partial charge in [-0.2, -0.15) is 4.31 Å². The summed E-state index contributed by atoms with van der Waals surface area (Å²) in [6, 6.07) is 3.69. The lowest BCUT2D eigenvalue weighted by molar-refractivity contribution is -0.386. The molecule has 0 saturated carbocycles. The molecule has 0 radical (unpaired) electrons. The Hall–Kier alpha value is -1.67. The highest BCUT2D eigenvalue weighted by molar-refractivity contribution is 7.89. The van der Waals surface area contributed by atoms with Crippen LogP contribution in [0.15, 0.2) is 23.1 Å². The van der Waals surface area contributed by atoms with E-state index >= 15 is 0 Å². The Morgan fingerprint density at radius 3 is 2.45 bits per heavy atom. The first-order valence-corrected chi connectivity index (χ1v) is 7.76. The number of nitro benzene ring substituents is 1. The van der Waals surface area contributed by atoms with Crippen LogP contribution in [0, 0.1) is 10.1 Å². The van der Waals surface area contributed by atoms with E-state index in [1.807, 2.05) is 6.92 Å². The van der Waals surface area contributed by atoms with Crippen molar-refractivity contribution in [1.82, 2.24) is 4.31 Å². The second kappa shape index (κ2) is 6.19. The van der Waals surface area contributed by atoms with Gasteiger partial charge in [0, 0.05) is 12.6 Å². The summed E-state index contributed by atoms with van der Waals surface area (Å²) < 4.78 is 26.5. The summed E-state index contributed by atoms with van der Waals surface area (Å²) in [6.07, 6.45) is 0.614. The monoisotopic (exact) mass is 301 g/mol. The molecule has 1 aromatic carbocycles. The highest BCUT2D eigenvalue weighted by Crippen LogP contribution is 2.32. The largest absolute Gasteiger partial charge is 0.393 e. The summed E-state index contributed by atoms with van der Waals surface area (Å²) in [5.74, 6) is 0. The summed E-state index contributed by atoms with van der Waals surface area (Å²) in [4.78, 5) is 9.97. The molecule has 1 atom stereocenters. The Kier molecular flexibility index (Phi) is 5.07. The van der Waals surface area contributed by atoms with E-state index in [4.69, 9.17) is 5.73 Å². The molecule has 7 nitrogen and oxygen atoms in total. The van der Waals surface area contributed by atoms with Crippen LogP contribution in [-0.2, 0) is 10.0 Å². The van der Waals surface area contributed by atoms with Crippen LogP contribution in [0.2, 0.25) is 0 Å². The SMILES string of the molecule is CCC(C)N(CC)S(=O)(=O)c1cccc(N)c1[N+](=O)[O-]. The molecule has 2 N–H and O–H groups in total. The van der Waals surface area contributed by atoms with Crippen LogP contribution in [0.3, 0.4) is 0 Å². The third-order valence-electron chi connectivity index (χ3n) is 3.19. The number of anilines is 1. The predicted octanol–water partition coefficient (Wildman–Crippen LogP) is 1.99. The number of hydrogen-bond donors (Lipinski definition) is 1. The van der Waals surface area contributed by atoms with Crippen molar-refractivity contribution in [3.63, 3.8) is 0 Å². The second-order valence-corrected chi connectivity index (χ2v) is 6.28. The third kappa shape index (κ3) is 2.91. The van der Waals surface area contributed by atoms with E-state index in [2.05, 4.69) is 0 Å². The van der Waals surface area contributed by atoms with E-state index in [-0.39, 0.29) is 23.2 Å². The van der Waals surface area contributed by atoms with Crippen LogP contribution >= 0.6 is 0 Å². The van der Waals surface area contributed by atoms with Gasteiger partial charge in [-0.1, -0.05) is 19.9 Å². The van der Waals surface area contributed by atoms with Crippen molar-refractivity contribution in [2.24, 2.45) is 0 Å². The molecule has 0 amide bonds. The van der Waals surface area contributed by atoms with Crippen molar-refractivity contribution in [3.8, 4) is 0 Å². The molecule has 8 heteroatoms. The Morgan fingerprint density at radius 2 is 2.00 bits per heavy atom. The number of para-hydroxylation sites is 1. The molecule has 20 heavy (non-hydrogen) atoms. The summed E-state index contributed by atoms with van der Waals surface area (Å²) in [7, 11) is -3.95. The zero-order valence-corrected chi connectivity index (χ0v) is 12.6. The first-order valence-electron chi connectivity index (χ1n) is 6.32. The summed E-state index contributed by atoms with van der Waals surface area (Å²) >= 11 is 0. The van der Waals surface area contributed by atoms with Crippen molar-refractivity contribution >= 4 is 21.4 Å². The molecule has 0 aliphatic heterocycles. The van der Waals surface area contributed by atoms with Gasteiger partial charge in [0.05, 0.1) is 4.92 Å². The van der Waals surface area contributed by atoms with Crippen molar-refractivity contribution in [2.75, 3.05) is 12.3 Å². The molecule has 0 aliphatic rings. The first kappa shape index (κ1) is 16.4. The van der Waals surface area contributed by atoms with Gasteiger partial charge in [0.15, 0.2) is 4.90 Å². The van der Waals surface area contributed by atoms with Gasteiger partial charge in [-0.15, -0.1) is 0 Å². The maximum absolute atomic E-state index is 12.6. The van der Waals surface area contributed by atoms with Crippen LogP contribution in [0.5, 0.6) is 0 Å². The lowest BCUT2D eigenvalue weighted by atomic mass is 10.3. The minimum Gasteiger partial charge on any atom is -0.393 e. The molecule has 0 aliphatic carbocycles. The zero-order chi connectivity index (χ0) is 15.5. The Balaban J connectivity index is 3.50. The van der Waals surface area contributed by atoms with Gasteiger partial charge in [-0.05, 0) is 25.5 Å². The second-order valence-electron chi connectivity index (χ2n) is 4.42. The molecule has 0 saturated heterocycles. The number of nitrogens with two attached hydrogens (primary N) is 1. The van der Waals surface area contributed by atoms with Crippen LogP contribution in [0.4, 0.5) is 11.4 Å². The van der Waals surface area contributed by atoms with Gasteiger partial charge in [-0.25, -0.2) is 8.42 Å². The number of nitro groups is 1. The molecular weight excluding hydrogens is 282 g/mol. The fourth-order valence-electron chi connectivity index (χ4n) is 1.99. The van der Waals surface area contributed by atoms with E-state index in [1.54, 1.807) is 13.8 Å². The molecule has 1 rings (SSSR count). The number of hydrogen-bond acceptors (Lipinski definition) is 5. The summed E-state index contributed by atoms with van der Waals surface area (Å²) in [5.41, 5.74) is 4.83. The number of rotatable bonds is 6. The summed E-state index contributed by atoms with van der Waals surface area (Å²) in [6.45, 7) is 5.56. The number of sulfonamides is 1. The van der Waals surface area contributed by atoms with Crippen LogP contribution in [-0.4, -0.2) is 30.2 Å². The highest BCUT2D eigenvalue weighted by Gasteiger charge is 2.34. The number of nitrogen functional groups attached to an aromatic ring is 1. The minimum absolute atomic E-state index is 0.156. The van der Waals surface area contributed by atoms with Gasteiger partial charge in [-0.3, -0.25) is 10.1 Å². The van der Waals surface area contributed by atoms with Gasteiger partial charge < -0.3 is 5.73 Å². The number of benzene rings is 1. The fourth-order valence-corrected chi connectivity index (χ4v) is 3.89. The Labute approximate surface area is 118 Å². The summed E-state index contributed by atoms with van der Waals surface area (Å²) in [5, 5.41) is 11.1. The Morgan fingerprint density at radius 1 is 1.40 bits per heavy atom. The van der Waals surface area contributed by atoms with Gasteiger partial charge >= 0.3 is 5.69 Å². The molecule has 1 unspecified atom stereocenters. The minimum atomic E-state index is -3.95. The average Bonchev–Trinajstić information content (AvgIpc) is 2.38.